The lowest BCUT2D eigenvalue weighted by molar-refractivity contribution is -0.141. The maximum absolute atomic E-state index is 12.9. The van der Waals surface area contributed by atoms with E-state index in [4.69, 9.17) is 22.3 Å². The van der Waals surface area contributed by atoms with Crippen LogP contribution >= 0.6 is 0 Å². The fourth-order valence-electron chi connectivity index (χ4n) is 3.44. The zero-order valence-electron chi connectivity index (χ0n) is 20.3. The van der Waals surface area contributed by atoms with Crippen LogP contribution in [0.4, 0.5) is 0 Å². The molecule has 1 aromatic carbocycles. The van der Waals surface area contributed by atoms with Crippen molar-refractivity contribution >= 4 is 40.6 Å². The number of aliphatic carboxylic acids is 1. The number of nitrogens with two attached hydrogens (primary N) is 3. The maximum atomic E-state index is 12.9. The van der Waals surface area contributed by atoms with Crippen LogP contribution in [0.3, 0.4) is 0 Å². The molecule has 0 aliphatic heterocycles. The Morgan fingerprint density at radius 1 is 1.00 bits per heavy atom. The Labute approximate surface area is 208 Å². The van der Waals surface area contributed by atoms with E-state index < -0.39 is 47.9 Å². The molecule has 0 aliphatic rings. The van der Waals surface area contributed by atoms with Gasteiger partial charge in [0.15, 0.2) is 5.96 Å². The third-order valence-electron chi connectivity index (χ3n) is 5.52. The molecule has 0 radical (unpaired) electrons. The van der Waals surface area contributed by atoms with Gasteiger partial charge in [-0.1, -0.05) is 18.2 Å². The molecule has 0 spiro atoms. The Morgan fingerprint density at radius 3 is 2.33 bits per heavy atom. The first-order chi connectivity index (χ1) is 17.0. The van der Waals surface area contributed by atoms with E-state index in [2.05, 4.69) is 25.9 Å². The van der Waals surface area contributed by atoms with Crippen molar-refractivity contribution in [3.05, 3.63) is 36.0 Å². The van der Waals surface area contributed by atoms with E-state index in [0.29, 0.717) is 19.4 Å². The molecule has 1 heterocycles. The van der Waals surface area contributed by atoms with Gasteiger partial charge >= 0.3 is 5.97 Å². The van der Waals surface area contributed by atoms with Crippen molar-refractivity contribution in [1.82, 2.24) is 20.9 Å². The highest BCUT2D eigenvalue weighted by Crippen LogP contribution is 2.19. The number of aliphatic imine (C=N–C) groups is 1. The van der Waals surface area contributed by atoms with E-state index in [0.717, 1.165) is 16.5 Å². The number of aromatic nitrogens is 1. The number of carboxylic acids is 1. The monoisotopic (exact) mass is 502 g/mol. The summed E-state index contributed by atoms with van der Waals surface area (Å²) in [5.41, 5.74) is 18.0. The van der Waals surface area contributed by atoms with Gasteiger partial charge in [0.25, 0.3) is 0 Å². The maximum Gasteiger partial charge on any atom is 0.325 e. The summed E-state index contributed by atoms with van der Waals surface area (Å²) in [6, 6.07) is 3.32. The number of carbonyl (C=O) groups excluding carboxylic acids is 3. The fraction of sp³-hybridized carbons (Fsp3) is 0.435. The van der Waals surface area contributed by atoms with Gasteiger partial charge in [-0.15, -0.1) is 0 Å². The van der Waals surface area contributed by atoms with Crippen LogP contribution in [-0.4, -0.2) is 70.5 Å². The molecule has 3 amide bonds. The van der Waals surface area contributed by atoms with Gasteiger partial charge in [0.1, 0.15) is 18.1 Å². The van der Waals surface area contributed by atoms with Crippen LogP contribution < -0.4 is 33.2 Å². The zero-order valence-corrected chi connectivity index (χ0v) is 20.3. The first-order valence-corrected chi connectivity index (χ1v) is 11.5. The Morgan fingerprint density at radius 2 is 1.67 bits per heavy atom. The molecule has 0 fully saturated rings. The van der Waals surface area contributed by atoms with Crippen molar-refractivity contribution in [3.8, 4) is 0 Å². The van der Waals surface area contributed by atoms with E-state index in [1.165, 1.54) is 13.8 Å². The van der Waals surface area contributed by atoms with Gasteiger partial charge in [-0.05, 0) is 38.3 Å². The SMILES string of the molecule is CC(NC(=O)C(Cc1c[nH]c2ccccc12)NC(=O)C(C)NC(=O)C(N)CCCN=C(N)N)C(=O)O. The number of carbonyl (C=O) groups is 4. The molecule has 11 N–H and O–H groups in total. The number of H-pyrrole nitrogens is 1. The molecular formula is C23H34N8O5. The molecule has 13 heteroatoms. The lowest BCUT2D eigenvalue weighted by Gasteiger charge is -2.23. The molecule has 2 rings (SSSR count). The van der Waals surface area contributed by atoms with Gasteiger partial charge in [0, 0.05) is 30.1 Å². The molecule has 0 bridgehead atoms. The minimum atomic E-state index is -1.21. The van der Waals surface area contributed by atoms with Crippen LogP contribution in [0.1, 0.15) is 32.3 Å². The normalized spacial score (nSPS) is 14.2. The number of fused-ring (bicyclic) bond motifs is 1. The van der Waals surface area contributed by atoms with Crippen molar-refractivity contribution in [1.29, 1.82) is 0 Å². The second kappa shape index (κ2) is 13.1. The molecule has 0 saturated carbocycles. The highest BCUT2D eigenvalue weighted by atomic mass is 16.4. The van der Waals surface area contributed by atoms with E-state index in [1.54, 1.807) is 6.20 Å². The molecular weight excluding hydrogens is 468 g/mol. The van der Waals surface area contributed by atoms with Gasteiger partial charge in [-0.25, -0.2) is 0 Å². The van der Waals surface area contributed by atoms with Gasteiger partial charge in [0.2, 0.25) is 17.7 Å². The van der Waals surface area contributed by atoms with Crippen molar-refractivity contribution < 1.29 is 24.3 Å². The fourth-order valence-corrected chi connectivity index (χ4v) is 3.44. The number of amides is 3. The van der Waals surface area contributed by atoms with Crippen molar-refractivity contribution in [2.24, 2.45) is 22.2 Å². The van der Waals surface area contributed by atoms with E-state index in [1.807, 2.05) is 24.3 Å². The molecule has 4 unspecified atom stereocenters. The summed E-state index contributed by atoms with van der Waals surface area (Å²) in [6.45, 7) is 3.10. The lowest BCUT2D eigenvalue weighted by Crippen LogP contribution is -2.56. The van der Waals surface area contributed by atoms with Crippen LogP contribution in [0.25, 0.3) is 10.9 Å². The highest BCUT2D eigenvalue weighted by Gasteiger charge is 2.28. The van der Waals surface area contributed by atoms with Gasteiger partial charge < -0.3 is 43.2 Å². The van der Waals surface area contributed by atoms with Crippen LogP contribution in [0.2, 0.25) is 0 Å². The zero-order chi connectivity index (χ0) is 26.8. The second-order valence-electron chi connectivity index (χ2n) is 8.48. The number of benzene rings is 1. The van der Waals surface area contributed by atoms with E-state index in [-0.39, 0.29) is 12.4 Å². The van der Waals surface area contributed by atoms with E-state index in [9.17, 15) is 19.2 Å². The highest BCUT2D eigenvalue weighted by molar-refractivity contribution is 5.94. The third kappa shape index (κ3) is 8.27. The standard InChI is InChI=1S/C23H34N8O5/c1-12(29-20(33)16(24)7-5-9-27-23(25)26)19(32)31-18(21(34)30-13(2)22(35)36)10-14-11-28-17-8-4-3-6-15(14)17/h3-4,6,8,11-13,16,18,28H,5,7,9-10,24H2,1-2H3,(H,29,33)(H,30,34)(H,31,32)(H,35,36)(H4,25,26,27). The summed E-state index contributed by atoms with van der Waals surface area (Å²) < 4.78 is 0. The summed E-state index contributed by atoms with van der Waals surface area (Å²) in [6.07, 6.45) is 2.60. The molecule has 4 atom stereocenters. The van der Waals surface area contributed by atoms with Crippen molar-refractivity contribution in [2.45, 2.75) is 57.3 Å². The Bertz CT molecular complexity index is 1110. The average molecular weight is 503 g/mol. The predicted molar refractivity (Wildman–Crippen MR) is 135 cm³/mol. The molecule has 1 aromatic heterocycles. The summed E-state index contributed by atoms with van der Waals surface area (Å²) in [5, 5.41) is 17.5. The third-order valence-corrected chi connectivity index (χ3v) is 5.52. The van der Waals surface area contributed by atoms with Crippen molar-refractivity contribution in [2.75, 3.05) is 6.54 Å². The Kier molecular flexibility index (Phi) is 10.2. The molecule has 36 heavy (non-hydrogen) atoms. The number of para-hydroxylation sites is 1. The van der Waals surface area contributed by atoms with Gasteiger partial charge in [-0.2, -0.15) is 0 Å². The quantitative estimate of drug-likeness (QED) is 0.0926. The number of nitrogens with zero attached hydrogens (tertiary/aromatic N) is 1. The molecule has 0 aliphatic carbocycles. The first-order valence-electron chi connectivity index (χ1n) is 11.5. The number of guanidine groups is 1. The van der Waals surface area contributed by atoms with Crippen LogP contribution in [0, 0.1) is 0 Å². The number of carboxylic acid groups (broad SMARTS) is 1. The summed E-state index contributed by atoms with van der Waals surface area (Å²) in [7, 11) is 0. The lowest BCUT2D eigenvalue weighted by atomic mass is 10.0. The summed E-state index contributed by atoms with van der Waals surface area (Å²) in [4.78, 5) is 56.2. The van der Waals surface area contributed by atoms with Gasteiger partial charge in [-0.3, -0.25) is 24.2 Å². The molecule has 2 aromatic rings. The van der Waals surface area contributed by atoms with Crippen molar-refractivity contribution in [3.63, 3.8) is 0 Å². The number of rotatable bonds is 13. The predicted octanol–water partition coefficient (Wildman–Crippen LogP) is -1.33. The van der Waals surface area contributed by atoms with Crippen LogP contribution in [0.15, 0.2) is 35.5 Å². The smallest absolute Gasteiger partial charge is 0.325 e. The Balaban J connectivity index is 2.06. The Hall–Kier alpha value is -4.13. The van der Waals surface area contributed by atoms with Crippen LogP contribution in [-0.2, 0) is 25.6 Å². The average Bonchev–Trinajstić information content (AvgIpc) is 3.23. The molecule has 196 valence electrons. The van der Waals surface area contributed by atoms with Gasteiger partial charge in [0.05, 0.1) is 6.04 Å². The number of hydrogen-bond donors (Lipinski definition) is 8. The second-order valence-corrected chi connectivity index (χ2v) is 8.48. The minimum Gasteiger partial charge on any atom is -0.480 e. The number of nitrogens with one attached hydrogen (secondary N) is 4. The topological polar surface area (TPSA) is 231 Å². The van der Waals surface area contributed by atoms with E-state index >= 15 is 0 Å². The first kappa shape index (κ1) is 28.1. The molecule has 0 saturated heterocycles. The molecule has 13 nitrogen and oxygen atoms in total. The minimum absolute atomic E-state index is 0.0534. The number of hydrogen-bond acceptors (Lipinski definition) is 6. The summed E-state index contributed by atoms with van der Waals surface area (Å²) in [5.74, 6) is -3.10. The number of aromatic amines is 1. The van der Waals surface area contributed by atoms with Crippen LogP contribution in [0.5, 0.6) is 0 Å². The summed E-state index contributed by atoms with van der Waals surface area (Å²) >= 11 is 0. The largest absolute Gasteiger partial charge is 0.480 e.